The molecule has 0 amide bonds. The van der Waals surface area contributed by atoms with Crippen LogP contribution in [0.5, 0.6) is 0 Å². The minimum atomic E-state index is 0.626. The first kappa shape index (κ1) is 12.0. The lowest BCUT2D eigenvalue weighted by Gasteiger charge is -2.10. The molecule has 0 spiro atoms. The maximum atomic E-state index is 4.77. The van der Waals surface area contributed by atoms with Crippen LogP contribution < -0.4 is 0 Å². The van der Waals surface area contributed by atoms with Gasteiger partial charge < -0.3 is 0 Å². The zero-order valence-corrected chi connectivity index (χ0v) is 10.9. The fourth-order valence-electron chi connectivity index (χ4n) is 2.06. The van der Waals surface area contributed by atoms with Gasteiger partial charge in [0.1, 0.15) is 0 Å². The highest BCUT2D eigenvalue weighted by Crippen LogP contribution is 2.17. The second kappa shape index (κ2) is 5.26. The number of hydrogen-bond donors (Lipinski definition) is 0. The molecule has 0 N–H and O–H groups in total. The molecule has 0 radical (unpaired) electrons. The van der Waals surface area contributed by atoms with Crippen LogP contribution in [0.1, 0.15) is 38.6 Å². The van der Waals surface area contributed by atoms with Gasteiger partial charge in [-0.25, -0.2) is 9.97 Å². The zero-order chi connectivity index (χ0) is 12.3. The van der Waals surface area contributed by atoms with Crippen molar-refractivity contribution in [1.82, 2.24) is 9.97 Å². The number of para-hydroxylation sites is 2. The van der Waals surface area contributed by atoms with E-state index in [0.717, 1.165) is 30.3 Å². The molecule has 0 aliphatic rings. The molecule has 0 saturated heterocycles. The molecule has 2 aromatic rings. The van der Waals surface area contributed by atoms with Crippen LogP contribution >= 0.6 is 0 Å². The highest BCUT2D eigenvalue weighted by atomic mass is 14.8. The van der Waals surface area contributed by atoms with Gasteiger partial charge in [0.25, 0.3) is 0 Å². The van der Waals surface area contributed by atoms with E-state index < -0.39 is 0 Å². The third-order valence-electron chi connectivity index (χ3n) is 2.81. The Morgan fingerprint density at radius 3 is 2.12 bits per heavy atom. The summed E-state index contributed by atoms with van der Waals surface area (Å²) < 4.78 is 0. The van der Waals surface area contributed by atoms with Gasteiger partial charge in [0.15, 0.2) is 0 Å². The van der Waals surface area contributed by atoms with Gasteiger partial charge >= 0.3 is 0 Å². The normalized spacial score (nSPS) is 11.3. The van der Waals surface area contributed by atoms with Crippen molar-refractivity contribution in [3.8, 4) is 0 Å². The Bertz CT molecular complexity index is 503. The fourth-order valence-corrected chi connectivity index (χ4v) is 2.06. The van der Waals surface area contributed by atoms with Crippen LogP contribution in [0.15, 0.2) is 24.3 Å². The van der Waals surface area contributed by atoms with Crippen molar-refractivity contribution in [3.05, 3.63) is 35.7 Å². The van der Waals surface area contributed by atoms with Crippen molar-refractivity contribution in [2.75, 3.05) is 0 Å². The molecule has 0 aliphatic heterocycles. The maximum Gasteiger partial charge on any atom is 0.0890 e. The Morgan fingerprint density at radius 2 is 1.59 bits per heavy atom. The first-order valence-corrected chi connectivity index (χ1v) is 6.45. The molecule has 2 nitrogen and oxygen atoms in total. The van der Waals surface area contributed by atoms with E-state index >= 15 is 0 Å². The molecular weight excluding hydrogens is 208 g/mol. The number of fused-ring (bicyclic) bond motifs is 1. The molecule has 0 aliphatic carbocycles. The molecule has 17 heavy (non-hydrogen) atoms. The summed E-state index contributed by atoms with van der Waals surface area (Å²) in [6, 6.07) is 8.13. The predicted molar refractivity (Wildman–Crippen MR) is 72.1 cm³/mol. The molecule has 0 atom stereocenters. The average molecular weight is 228 g/mol. The molecule has 90 valence electrons. The summed E-state index contributed by atoms with van der Waals surface area (Å²) in [4.78, 5) is 9.53. The lowest BCUT2D eigenvalue weighted by Crippen LogP contribution is -2.05. The number of rotatable bonds is 4. The summed E-state index contributed by atoms with van der Waals surface area (Å²) in [6.07, 6.45) is 3.17. The molecule has 1 aromatic heterocycles. The summed E-state index contributed by atoms with van der Waals surface area (Å²) in [5.41, 5.74) is 4.40. The third-order valence-corrected chi connectivity index (χ3v) is 2.81. The Balaban J connectivity index is 2.49. The zero-order valence-electron chi connectivity index (χ0n) is 10.9. The summed E-state index contributed by atoms with van der Waals surface area (Å²) in [5, 5.41) is 0. The number of nitrogens with zero attached hydrogens (tertiary/aromatic N) is 2. The van der Waals surface area contributed by atoms with Crippen molar-refractivity contribution in [3.63, 3.8) is 0 Å². The Morgan fingerprint density at radius 1 is 1.00 bits per heavy atom. The number of benzene rings is 1. The predicted octanol–water partition coefficient (Wildman–Crippen LogP) is 3.78. The number of hydrogen-bond acceptors (Lipinski definition) is 2. The minimum absolute atomic E-state index is 0.626. The first-order valence-electron chi connectivity index (χ1n) is 6.45. The lowest BCUT2D eigenvalue weighted by molar-refractivity contribution is 0.626. The van der Waals surface area contributed by atoms with Gasteiger partial charge in [-0.3, -0.25) is 0 Å². The molecule has 1 heterocycles. The van der Waals surface area contributed by atoms with E-state index in [-0.39, 0.29) is 0 Å². The lowest BCUT2D eigenvalue weighted by atomic mass is 10.0. The Hall–Kier alpha value is -1.44. The van der Waals surface area contributed by atoms with Crippen LogP contribution in [0.2, 0.25) is 0 Å². The highest BCUT2D eigenvalue weighted by molar-refractivity contribution is 5.74. The van der Waals surface area contributed by atoms with E-state index in [0.29, 0.717) is 5.92 Å². The van der Waals surface area contributed by atoms with Crippen molar-refractivity contribution >= 4 is 11.0 Å². The van der Waals surface area contributed by atoms with E-state index in [1.165, 1.54) is 11.4 Å². The quantitative estimate of drug-likeness (QED) is 0.795. The van der Waals surface area contributed by atoms with Gasteiger partial charge in [-0.2, -0.15) is 0 Å². The highest BCUT2D eigenvalue weighted by Gasteiger charge is 2.09. The molecule has 2 rings (SSSR count). The largest absolute Gasteiger partial charge is 0.249 e. The van der Waals surface area contributed by atoms with Gasteiger partial charge in [0.05, 0.1) is 22.4 Å². The molecule has 0 unspecified atom stereocenters. The molecule has 0 saturated carbocycles. The average Bonchev–Trinajstić information content (AvgIpc) is 2.29. The number of aromatic nitrogens is 2. The third kappa shape index (κ3) is 2.82. The van der Waals surface area contributed by atoms with Crippen LogP contribution in [-0.2, 0) is 12.8 Å². The van der Waals surface area contributed by atoms with Gasteiger partial charge in [-0.1, -0.05) is 39.3 Å². The van der Waals surface area contributed by atoms with Gasteiger partial charge in [0, 0.05) is 0 Å². The summed E-state index contributed by atoms with van der Waals surface area (Å²) >= 11 is 0. The summed E-state index contributed by atoms with van der Waals surface area (Å²) in [6.45, 7) is 6.65. The van der Waals surface area contributed by atoms with E-state index in [4.69, 9.17) is 9.97 Å². The van der Waals surface area contributed by atoms with Gasteiger partial charge in [-0.05, 0) is 30.9 Å². The first-order chi connectivity index (χ1) is 8.20. The summed E-state index contributed by atoms with van der Waals surface area (Å²) in [5.74, 6) is 0.626. The minimum Gasteiger partial charge on any atom is -0.249 e. The van der Waals surface area contributed by atoms with Gasteiger partial charge in [0.2, 0.25) is 0 Å². The van der Waals surface area contributed by atoms with E-state index in [1.807, 2.05) is 24.3 Å². The molecular formula is C15H20N2. The molecule has 1 aromatic carbocycles. The van der Waals surface area contributed by atoms with E-state index in [1.54, 1.807) is 0 Å². The molecule has 0 bridgehead atoms. The van der Waals surface area contributed by atoms with Crippen molar-refractivity contribution in [1.29, 1.82) is 0 Å². The van der Waals surface area contributed by atoms with Crippen molar-refractivity contribution < 1.29 is 0 Å². The van der Waals surface area contributed by atoms with Gasteiger partial charge in [-0.15, -0.1) is 0 Å². The van der Waals surface area contributed by atoms with Crippen molar-refractivity contribution in [2.45, 2.75) is 40.0 Å². The topological polar surface area (TPSA) is 25.8 Å². The second-order valence-corrected chi connectivity index (χ2v) is 4.95. The fraction of sp³-hybridized carbons (Fsp3) is 0.467. The van der Waals surface area contributed by atoms with E-state index in [2.05, 4.69) is 20.8 Å². The smallest absolute Gasteiger partial charge is 0.0890 e. The second-order valence-electron chi connectivity index (χ2n) is 4.95. The SMILES string of the molecule is CCCc1nc2ccccc2nc1CC(C)C. The summed E-state index contributed by atoms with van der Waals surface area (Å²) in [7, 11) is 0. The Labute approximate surface area is 103 Å². The van der Waals surface area contributed by atoms with E-state index in [9.17, 15) is 0 Å². The standard InChI is InChI=1S/C15H20N2/c1-4-7-12-15(10-11(2)3)17-14-9-6-5-8-13(14)16-12/h5-6,8-9,11H,4,7,10H2,1-3H3. The van der Waals surface area contributed by atoms with Crippen LogP contribution in [0.4, 0.5) is 0 Å². The molecule has 2 heteroatoms. The van der Waals surface area contributed by atoms with Crippen LogP contribution in [-0.4, -0.2) is 9.97 Å². The monoisotopic (exact) mass is 228 g/mol. The Kier molecular flexibility index (Phi) is 3.72. The van der Waals surface area contributed by atoms with Crippen LogP contribution in [0.3, 0.4) is 0 Å². The van der Waals surface area contributed by atoms with Crippen molar-refractivity contribution in [2.24, 2.45) is 5.92 Å². The maximum absolute atomic E-state index is 4.77. The van der Waals surface area contributed by atoms with Crippen LogP contribution in [0.25, 0.3) is 11.0 Å². The molecule has 0 fully saturated rings. The van der Waals surface area contributed by atoms with Crippen LogP contribution in [0, 0.1) is 5.92 Å². The number of aryl methyl sites for hydroxylation is 1.